The van der Waals surface area contributed by atoms with E-state index in [9.17, 15) is 4.79 Å². The van der Waals surface area contributed by atoms with E-state index in [2.05, 4.69) is 17.1 Å². The summed E-state index contributed by atoms with van der Waals surface area (Å²) >= 11 is 1.48. The molecule has 0 aliphatic rings. The van der Waals surface area contributed by atoms with Gasteiger partial charge in [-0.25, -0.2) is 5.43 Å². The zero-order valence-electron chi connectivity index (χ0n) is 13.1. The minimum Gasteiger partial charge on any atom is -0.311 e. The van der Waals surface area contributed by atoms with Crippen LogP contribution in [0.3, 0.4) is 0 Å². The second-order valence-electron chi connectivity index (χ2n) is 5.09. The number of hydrogen-bond donors (Lipinski definition) is 1. The van der Waals surface area contributed by atoms with E-state index in [1.165, 1.54) is 11.3 Å². The summed E-state index contributed by atoms with van der Waals surface area (Å²) in [6.45, 7) is 4.43. The highest BCUT2D eigenvalue weighted by Gasteiger charge is 2.07. The van der Waals surface area contributed by atoms with Gasteiger partial charge in [0.15, 0.2) is 0 Å². The maximum absolute atomic E-state index is 12.1. The summed E-state index contributed by atoms with van der Waals surface area (Å²) in [6.07, 6.45) is 1.82. The lowest BCUT2D eigenvalue weighted by molar-refractivity contribution is 0.0953. The van der Waals surface area contributed by atoms with Gasteiger partial charge in [0.1, 0.15) is 0 Å². The molecule has 4 nitrogen and oxygen atoms in total. The summed E-state index contributed by atoms with van der Waals surface area (Å²) in [7, 11) is 0. The first-order valence-electron chi connectivity index (χ1n) is 7.53. The zero-order valence-corrected chi connectivity index (χ0v) is 13.9. The van der Waals surface area contributed by atoms with Crippen LogP contribution in [0.4, 0.5) is 0 Å². The van der Waals surface area contributed by atoms with Gasteiger partial charge < -0.3 is 4.57 Å². The largest absolute Gasteiger partial charge is 0.311 e. The van der Waals surface area contributed by atoms with Gasteiger partial charge in [0.25, 0.3) is 5.91 Å². The molecule has 1 N–H and O–H groups in total. The quantitative estimate of drug-likeness (QED) is 0.561. The van der Waals surface area contributed by atoms with E-state index in [-0.39, 0.29) is 5.91 Å². The lowest BCUT2D eigenvalue weighted by atomic mass is 10.2. The highest BCUT2D eigenvalue weighted by molar-refractivity contribution is 7.07. The molecule has 0 spiro atoms. The molecule has 24 heavy (non-hydrogen) atoms. The summed E-state index contributed by atoms with van der Waals surface area (Å²) in [5.74, 6) is -0.226. The summed E-state index contributed by atoms with van der Waals surface area (Å²) in [5.41, 5.74) is 5.35. The van der Waals surface area contributed by atoms with E-state index < -0.39 is 0 Å². The number of rotatable bonds is 5. The predicted octanol–water partition coefficient (Wildman–Crippen LogP) is 3.65. The Morgan fingerprint density at radius 3 is 2.46 bits per heavy atom. The Morgan fingerprint density at radius 1 is 1.12 bits per heavy atom. The minimum atomic E-state index is -0.226. The van der Waals surface area contributed by atoms with Gasteiger partial charge in [-0.05, 0) is 17.7 Å². The van der Waals surface area contributed by atoms with Gasteiger partial charge in [0.05, 0.1) is 5.69 Å². The first-order valence-corrected chi connectivity index (χ1v) is 8.41. The maximum atomic E-state index is 12.1. The number of hydrogen-bond acceptors (Lipinski definition) is 3. The molecule has 120 valence electrons. The van der Waals surface area contributed by atoms with Crippen molar-refractivity contribution in [3.05, 3.63) is 89.1 Å². The molecule has 0 saturated heterocycles. The van der Waals surface area contributed by atoms with Crippen LogP contribution >= 0.6 is 11.3 Å². The first kappa shape index (κ1) is 16.0. The van der Waals surface area contributed by atoms with Crippen molar-refractivity contribution in [2.45, 2.75) is 6.54 Å². The monoisotopic (exact) mass is 335 g/mol. The number of nitrogens with one attached hydrogen (secondary N) is 1. The van der Waals surface area contributed by atoms with E-state index >= 15 is 0 Å². The molecule has 3 rings (SSSR count). The van der Waals surface area contributed by atoms with Gasteiger partial charge in [-0.2, -0.15) is 0 Å². The van der Waals surface area contributed by atoms with Crippen LogP contribution in [0.5, 0.6) is 0 Å². The smallest absolute Gasteiger partial charge is 0.271 e. The van der Waals surface area contributed by atoms with E-state index in [1.807, 2.05) is 64.6 Å². The molecule has 2 aromatic carbocycles. The number of allylic oxidation sites excluding steroid dienone is 1. The van der Waals surface area contributed by atoms with Crippen molar-refractivity contribution in [1.29, 1.82) is 0 Å². The number of aromatic nitrogens is 1. The van der Waals surface area contributed by atoms with E-state index in [4.69, 9.17) is 0 Å². The fraction of sp³-hybridized carbons (Fsp3) is 0.0526. The van der Waals surface area contributed by atoms with Crippen molar-refractivity contribution in [2.24, 2.45) is 5.10 Å². The van der Waals surface area contributed by atoms with Gasteiger partial charge in [-0.15, -0.1) is 23.0 Å². The molecule has 0 aliphatic heterocycles. The van der Waals surface area contributed by atoms with Crippen LogP contribution in [-0.4, -0.2) is 10.5 Å². The summed E-state index contributed by atoms with van der Waals surface area (Å²) in [5, 5.41) is 6.32. The van der Waals surface area contributed by atoms with Crippen LogP contribution in [0.15, 0.2) is 83.8 Å². The molecule has 0 atom stereocenters. The van der Waals surface area contributed by atoms with Crippen molar-refractivity contribution < 1.29 is 4.79 Å². The Balaban J connectivity index is 1.92. The standard InChI is InChI=1S/C19H17N3OS/c1-2-13-22-17(15-9-5-3-6-10-15)14-24-19(22)21-20-18(23)16-11-7-4-8-12-16/h2-12,14H,1,13H2,(H,20,23)/b21-19+. The van der Waals surface area contributed by atoms with Crippen molar-refractivity contribution in [2.75, 3.05) is 0 Å². The fourth-order valence-electron chi connectivity index (χ4n) is 2.32. The Labute approximate surface area is 144 Å². The number of carbonyl (C=O) groups is 1. The molecular formula is C19H17N3OS. The Bertz CT molecular complexity index is 895. The third-order valence-electron chi connectivity index (χ3n) is 3.47. The summed E-state index contributed by atoms with van der Waals surface area (Å²) < 4.78 is 2.03. The van der Waals surface area contributed by atoms with Crippen LogP contribution in [0.2, 0.25) is 0 Å². The number of amides is 1. The molecule has 0 aliphatic carbocycles. The van der Waals surface area contributed by atoms with Crippen molar-refractivity contribution in [3.8, 4) is 11.3 Å². The Kier molecular flexibility index (Phi) is 5.03. The van der Waals surface area contributed by atoms with Gasteiger partial charge in [0.2, 0.25) is 4.80 Å². The lowest BCUT2D eigenvalue weighted by Crippen LogP contribution is -2.24. The molecule has 1 aromatic heterocycles. The Hall–Kier alpha value is -2.92. The molecule has 0 fully saturated rings. The number of thiazole rings is 1. The third-order valence-corrected chi connectivity index (χ3v) is 4.33. The number of carbonyl (C=O) groups excluding carboxylic acids is 1. The molecule has 3 aromatic rings. The van der Waals surface area contributed by atoms with Crippen molar-refractivity contribution >= 4 is 17.2 Å². The minimum absolute atomic E-state index is 0.226. The normalized spacial score (nSPS) is 11.2. The van der Waals surface area contributed by atoms with Gasteiger partial charge in [0, 0.05) is 17.5 Å². The van der Waals surface area contributed by atoms with Crippen LogP contribution in [0, 0.1) is 0 Å². The topological polar surface area (TPSA) is 46.4 Å². The average molecular weight is 335 g/mol. The van der Waals surface area contributed by atoms with E-state index in [1.54, 1.807) is 12.1 Å². The molecule has 5 heteroatoms. The predicted molar refractivity (Wildman–Crippen MR) is 97.4 cm³/mol. The molecule has 1 amide bonds. The third kappa shape index (κ3) is 3.52. The van der Waals surface area contributed by atoms with Crippen LogP contribution < -0.4 is 10.2 Å². The maximum Gasteiger partial charge on any atom is 0.271 e. The summed E-state index contributed by atoms with van der Waals surface area (Å²) in [6, 6.07) is 19.1. The van der Waals surface area contributed by atoms with Gasteiger partial charge >= 0.3 is 0 Å². The van der Waals surface area contributed by atoms with Crippen molar-refractivity contribution in [1.82, 2.24) is 9.99 Å². The van der Waals surface area contributed by atoms with Crippen LogP contribution in [0.25, 0.3) is 11.3 Å². The molecule has 0 bridgehead atoms. The van der Waals surface area contributed by atoms with Gasteiger partial charge in [-0.1, -0.05) is 54.6 Å². The lowest BCUT2D eigenvalue weighted by Gasteiger charge is -2.06. The molecule has 0 saturated carbocycles. The number of nitrogens with zero attached hydrogens (tertiary/aromatic N) is 2. The first-order chi connectivity index (χ1) is 11.8. The SMILES string of the molecule is C=CCn1c(-c2ccccc2)cs/c1=N/NC(=O)c1ccccc1. The van der Waals surface area contributed by atoms with E-state index in [0.717, 1.165) is 16.1 Å². The fourth-order valence-corrected chi connectivity index (χ4v) is 3.20. The Morgan fingerprint density at radius 2 is 1.79 bits per heavy atom. The average Bonchev–Trinajstić information content (AvgIpc) is 3.04. The molecule has 0 radical (unpaired) electrons. The second kappa shape index (κ2) is 7.57. The highest BCUT2D eigenvalue weighted by Crippen LogP contribution is 2.19. The zero-order chi connectivity index (χ0) is 16.8. The molecule has 0 unspecified atom stereocenters. The van der Waals surface area contributed by atoms with Crippen LogP contribution in [-0.2, 0) is 6.54 Å². The highest BCUT2D eigenvalue weighted by atomic mass is 32.1. The molecular weight excluding hydrogens is 318 g/mol. The summed E-state index contributed by atoms with van der Waals surface area (Å²) in [4.78, 5) is 12.9. The van der Waals surface area contributed by atoms with Gasteiger partial charge in [-0.3, -0.25) is 4.79 Å². The van der Waals surface area contributed by atoms with E-state index in [0.29, 0.717) is 12.1 Å². The van der Waals surface area contributed by atoms with Crippen molar-refractivity contribution in [3.63, 3.8) is 0 Å². The molecule has 1 heterocycles. The number of benzene rings is 2. The second-order valence-corrected chi connectivity index (χ2v) is 5.92. The van der Waals surface area contributed by atoms with Crippen LogP contribution in [0.1, 0.15) is 10.4 Å².